The third kappa shape index (κ3) is 3.85. The minimum absolute atomic E-state index is 0.000973. The summed E-state index contributed by atoms with van der Waals surface area (Å²) in [6.07, 6.45) is 7.00. The number of nitrogens with one attached hydrogen (secondary N) is 1. The number of thioether (sulfide) groups is 1. The Balaban J connectivity index is 1.66. The summed E-state index contributed by atoms with van der Waals surface area (Å²) in [5.74, 6) is 1.86. The van der Waals surface area contributed by atoms with Gasteiger partial charge in [-0.05, 0) is 17.9 Å². The third-order valence-corrected chi connectivity index (χ3v) is 4.47. The number of fused-ring (bicyclic) bond motifs is 1. The summed E-state index contributed by atoms with van der Waals surface area (Å²) >= 11 is 1.68. The number of rotatable bonds is 6. The van der Waals surface area contributed by atoms with E-state index < -0.39 is 0 Å². The summed E-state index contributed by atoms with van der Waals surface area (Å²) in [6, 6.07) is 10.1. The van der Waals surface area contributed by atoms with Gasteiger partial charge in [-0.15, -0.1) is 0 Å². The molecule has 23 heavy (non-hydrogen) atoms. The molecule has 0 saturated carbocycles. The van der Waals surface area contributed by atoms with Crippen molar-refractivity contribution in [3.8, 4) is 16.9 Å². The van der Waals surface area contributed by atoms with Crippen molar-refractivity contribution in [1.82, 2.24) is 10.3 Å². The van der Waals surface area contributed by atoms with Crippen LogP contribution in [-0.2, 0) is 11.2 Å². The average Bonchev–Trinajstić information content (AvgIpc) is 3.02. The quantitative estimate of drug-likeness (QED) is 0.886. The molecule has 0 radical (unpaired) electrons. The van der Waals surface area contributed by atoms with Crippen molar-refractivity contribution in [3.63, 3.8) is 0 Å². The maximum atomic E-state index is 11.7. The minimum atomic E-state index is 0.000973. The molecule has 2 heterocycles. The summed E-state index contributed by atoms with van der Waals surface area (Å²) in [6.45, 7) is 0.550. The van der Waals surface area contributed by atoms with E-state index in [1.54, 1.807) is 18.0 Å². The Morgan fingerprint density at radius 1 is 1.39 bits per heavy atom. The number of para-hydroxylation sites is 1. The molecule has 2 aromatic rings. The van der Waals surface area contributed by atoms with Crippen LogP contribution in [0.5, 0.6) is 5.75 Å². The highest BCUT2D eigenvalue weighted by Gasteiger charge is 2.25. The minimum Gasteiger partial charge on any atom is -0.487 e. The van der Waals surface area contributed by atoms with Crippen molar-refractivity contribution < 1.29 is 9.53 Å². The Kier molecular flexibility index (Phi) is 5.18. The van der Waals surface area contributed by atoms with Crippen LogP contribution in [0.25, 0.3) is 11.1 Å². The zero-order chi connectivity index (χ0) is 16.1. The molecule has 1 aromatic carbocycles. The Hall–Kier alpha value is -2.01. The van der Waals surface area contributed by atoms with E-state index >= 15 is 0 Å². The number of amides is 1. The van der Waals surface area contributed by atoms with Gasteiger partial charge in [-0.3, -0.25) is 9.78 Å². The summed E-state index contributed by atoms with van der Waals surface area (Å²) in [7, 11) is 0. The third-order valence-electron chi connectivity index (χ3n) is 3.86. The van der Waals surface area contributed by atoms with Crippen LogP contribution in [0.3, 0.4) is 0 Å². The summed E-state index contributed by atoms with van der Waals surface area (Å²) < 4.78 is 6.10. The van der Waals surface area contributed by atoms with Crippen molar-refractivity contribution in [3.05, 3.63) is 48.3 Å². The first-order valence-corrected chi connectivity index (χ1v) is 9.12. The van der Waals surface area contributed by atoms with Crippen molar-refractivity contribution in [2.24, 2.45) is 0 Å². The molecule has 1 atom stereocenters. The van der Waals surface area contributed by atoms with Crippen LogP contribution in [0.4, 0.5) is 0 Å². The smallest absolute Gasteiger partial charge is 0.220 e. The molecule has 1 amide bonds. The van der Waals surface area contributed by atoms with Crippen molar-refractivity contribution in [2.45, 2.75) is 18.9 Å². The van der Waals surface area contributed by atoms with Crippen LogP contribution in [-0.4, -0.2) is 35.5 Å². The van der Waals surface area contributed by atoms with Gasteiger partial charge >= 0.3 is 0 Å². The molecule has 5 heteroatoms. The highest BCUT2D eigenvalue weighted by atomic mass is 32.2. The van der Waals surface area contributed by atoms with Gasteiger partial charge in [0.25, 0.3) is 0 Å². The van der Waals surface area contributed by atoms with E-state index in [-0.39, 0.29) is 12.0 Å². The lowest BCUT2D eigenvalue weighted by molar-refractivity contribution is -0.121. The predicted octanol–water partition coefficient (Wildman–Crippen LogP) is 2.92. The first-order valence-electron chi connectivity index (χ1n) is 7.72. The number of carbonyl (C=O) groups is 1. The number of hydrogen-bond acceptors (Lipinski definition) is 4. The fourth-order valence-electron chi connectivity index (χ4n) is 2.71. The van der Waals surface area contributed by atoms with E-state index in [4.69, 9.17) is 4.74 Å². The van der Waals surface area contributed by atoms with Crippen molar-refractivity contribution in [1.29, 1.82) is 0 Å². The van der Waals surface area contributed by atoms with E-state index in [0.29, 0.717) is 13.0 Å². The predicted molar refractivity (Wildman–Crippen MR) is 93.8 cm³/mol. The molecular formula is C18H20N2O2S. The molecule has 1 unspecified atom stereocenters. The Bertz CT molecular complexity index is 676. The Morgan fingerprint density at radius 3 is 3.09 bits per heavy atom. The van der Waals surface area contributed by atoms with Gasteiger partial charge < -0.3 is 10.1 Å². The molecule has 0 aliphatic carbocycles. The number of benzene rings is 1. The first-order chi connectivity index (χ1) is 11.3. The topological polar surface area (TPSA) is 51.2 Å². The van der Waals surface area contributed by atoms with E-state index in [0.717, 1.165) is 29.1 Å². The maximum absolute atomic E-state index is 11.7. The molecule has 0 bridgehead atoms. The lowest BCUT2D eigenvalue weighted by atomic mass is 10.0. The molecule has 1 aromatic heterocycles. The van der Waals surface area contributed by atoms with Crippen LogP contribution in [0, 0.1) is 0 Å². The second-order valence-corrected chi connectivity index (χ2v) is 6.51. The van der Waals surface area contributed by atoms with Gasteiger partial charge in [0.1, 0.15) is 11.9 Å². The van der Waals surface area contributed by atoms with E-state index in [2.05, 4.69) is 22.4 Å². The van der Waals surface area contributed by atoms with Gasteiger partial charge in [0, 0.05) is 42.1 Å². The number of hydrogen-bond donors (Lipinski definition) is 1. The molecule has 3 rings (SSSR count). The van der Waals surface area contributed by atoms with Crippen LogP contribution in [0.2, 0.25) is 0 Å². The standard InChI is InChI=1S/C18H20N2O2S/c1-23-9-7-17(21)20-12-15-10-13-4-2-6-16(18(13)22-15)14-5-3-8-19-11-14/h2-6,8,11,15H,7,9-10,12H2,1H3,(H,20,21). The number of nitrogens with zero attached hydrogens (tertiary/aromatic N) is 1. The molecule has 120 valence electrons. The molecule has 0 spiro atoms. The van der Waals surface area contributed by atoms with Crippen LogP contribution in [0.15, 0.2) is 42.7 Å². The fourth-order valence-corrected chi connectivity index (χ4v) is 3.10. The molecule has 1 aliphatic heterocycles. The van der Waals surface area contributed by atoms with Crippen LogP contribution < -0.4 is 10.1 Å². The molecular weight excluding hydrogens is 308 g/mol. The lowest BCUT2D eigenvalue weighted by Gasteiger charge is -2.13. The maximum Gasteiger partial charge on any atom is 0.220 e. The van der Waals surface area contributed by atoms with Crippen LogP contribution in [0.1, 0.15) is 12.0 Å². The molecule has 0 saturated heterocycles. The summed E-state index contributed by atoms with van der Waals surface area (Å²) in [5, 5.41) is 2.96. The normalized spacial score (nSPS) is 15.8. The Morgan fingerprint density at radius 2 is 2.30 bits per heavy atom. The van der Waals surface area contributed by atoms with Crippen molar-refractivity contribution in [2.75, 3.05) is 18.6 Å². The summed E-state index contributed by atoms with van der Waals surface area (Å²) in [5.41, 5.74) is 3.30. The van der Waals surface area contributed by atoms with Gasteiger partial charge in [-0.2, -0.15) is 11.8 Å². The number of aromatic nitrogens is 1. The van der Waals surface area contributed by atoms with Gasteiger partial charge in [0.2, 0.25) is 5.91 Å². The largest absolute Gasteiger partial charge is 0.487 e. The highest BCUT2D eigenvalue weighted by Crippen LogP contribution is 2.38. The fraction of sp³-hybridized carbons (Fsp3) is 0.333. The van der Waals surface area contributed by atoms with Crippen LogP contribution >= 0.6 is 11.8 Å². The molecule has 1 N–H and O–H groups in total. The Labute approximate surface area is 140 Å². The zero-order valence-electron chi connectivity index (χ0n) is 13.1. The van der Waals surface area contributed by atoms with E-state index in [1.165, 1.54) is 5.56 Å². The molecule has 0 fully saturated rings. The number of pyridine rings is 1. The second kappa shape index (κ2) is 7.51. The lowest BCUT2D eigenvalue weighted by Crippen LogP contribution is -2.34. The van der Waals surface area contributed by atoms with Gasteiger partial charge in [-0.1, -0.05) is 24.3 Å². The average molecular weight is 328 g/mol. The second-order valence-electron chi connectivity index (χ2n) is 5.53. The van der Waals surface area contributed by atoms with Gasteiger partial charge in [-0.25, -0.2) is 0 Å². The number of carbonyl (C=O) groups excluding carboxylic acids is 1. The highest BCUT2D eigenvalue weighted by molar-refractivity contribution is 7.98. The van der Waals surface area contributed by atoms with Crippen molar-refractivity contribution >= 4 is 17.7 Å². The van der Waals surface area contributed by atoms with E-state index in [1.807, 2.05) is 30.7 Å². The zero-order valence-corrected chi connectivity index (χ0v) is 13.9. The van der Waals surface area contributed by atoms with E-state index in [9.17, 15) is 4.79 Å². The summed E-state index contributed by atoms with van der Waals surface area (Å²) in [4.78, 5) is 15.9. The molecule has 4 nitrogen and oxygen atoms in total. The number of ether oxygens (including phenoxy) is 1. The van der Waals surface area contributed by atoms with Gasteiger partial charge in [0.05, 0.1) is 6.54 Å². The first kappa shape index (κ1) is 15.9. The molecule has 1 aliphatic rings. The van der Waals surface area contributed by atoms with Gasteiger partial charge in [0.15, 0.2) is 0 Å². The monoisotopic (exact) mass is 328 g/mol. The SMILES string of the molecule is CSCCC(=O)NCC1Cc2cccc(-c3cccnc3)c2O1.